The fraction of sp³-hybridized carbons (Fsp3) is 0.273. The molecule has 0 saturated heterocycles. The van der Waals surface area contributed by atoms with Crippen LogP contribution in [0.1, 0.15) is 51.6 Å². The summed E-state index contributed by atoms with van der Waals surface area (Å²) in [5.74, 6) is 0. The van der Waals surface area contributed by atoms with Crippen LogP contribution in [0.3, 0.4) is 0 Å². The molecule has 0 radical (unpaired) electrons. The molecule has 1 aliphatic rings. The second-order valence-electron chi connectivity index (χ2n) is 11.7. The summed E-state index contributed by atoms with van der Waals surface area (Å²) in [6.07, 6.45) is 0. The molecule has 0 spiro atoms. The molecule has 0 fully saturated rings. The fourth-order valence-corrected chi connectivity index (χ4v) is 5.35. The quantitative estimate of drug-likeness (QED) is 0.157. The zero-order valence-electron chi connectivity index (χ0n) is 23.0. The third kappa shape index (κ3) is 4.39. The molecule has 2 aromatic heterocycles. The molecule has 0 saturated carbocycles. The molecule has 4 nitrogen and oxygen atoms in total. The Morgan fingerprint density at radius 3 is 1.79 bits per heavy atom. The SMILES string of the molecule is Cc1cc2nn1C(C)(C)n1nc(cc1C)-c1[c-]c(cc(C(C)(C)C)c1)-c1cccc(c1)-c1[c-]c-2ccc1.[Pt+2]. The molecule has 194 valence electrons. The van der Waals surface area contributed by atoms with Gasteiger partial charge in [-0.25, -0.2) is 10.2 Å². The van der Waals surface area contributed by atoms with Gasteiger partial charge in [-0.2, -0.15) is 0 Å². The van der Waals surface area contributed by atoms with Crippen molar-refractivity contribution >= 4 is 0 Å². The summed E-state index contributed by atoms with van der Waals surface area (Å²) in [5, 5.41) is 10.2. The van der Waals surface area contributed by atoms with Crippen LogP contribution in [0.25, 0.3) is 44.8 Å². The van der Waals surface area contributed by atoms with Crippen molar-refractivity contribution in [3.63, 3.8) is 0 Å². The van der Waals surface area contributed by atoms with Gasteiger partial charge in [-0.05, 0) is 45.2 Å². The second-order valence-corrected chi connectivity index (χ2v) is 11.7. The maximum absolute atomic E-state index is 5.14. The molecule has 0 atom stereocenters. The van der Waals surface area contributed by atoms with E-state index in [0.717, 1.165) is 56.2 Å². The Bertz CT molecular complexity index is 1660. The summed E-state index contributed by atoms with van der Waals surface area (Å²) < 4.78 is 4.15. The second kappa shape index (κ2) is 9.20. The Morgan fingerprint density at radius 2 is 1.16 bits per heavy atom. The first-order chi connectivity index (χ1) is 17.5. The van der Waals surface area contributed by atoms with Gasteiger partial charge in [0.15, 0.2) is 0 Å². The van der Waals surface area contributed by atoms with Gasteiger partial charge in [-0.1, -0.05) is 61.2 Å². The molecule has 3 heterocycles. The first-order valence-corrected chi connectivity index (χ1v) is 12.9. The summed E-state index contributed by atoms with van der Waals surface area (Å²) in [5.41, 5.74) is 11.1. The van der Waals surface area contributed by atoms with E-state index in [9.17, 15) is 0 Å². The van der Waals surface area contributed by atoms with Crippen LogP contribution < -0.4 is 0 Å². The maximum Gasteiger partial charge on any atom is 2.00 e. The van der Waals surface area contributed by atoms with E-state index in [0.29, 0.717) is 0 Å². The molecule has 5 heteroatoms. The smallest absolute Gasteiger partial charge is 0.250 e. The minimum Gasteiger partial charge on any atom is -0.250 e. The molecule has 3 aromatic carbocycles. The van der Waals surface area contributed by atoms with Crippen LogP contribution in [0.15, 0.2) is 66.7 Å². The van der Waals surface area contributed by atoms with Crippen molar-refractivity contribution in [2.45, 2.75) is 59.5 Å². The van der Waals surface area contributed by atoms with Gasteiger partial charge in [0.2, 0.25) is 0 Å². The first kappa shape index (κ1) is 26.4. The number of hydrogen-bond donors (Lipinski definition) is 0. The maximum atomic E-state index is 5.14. The zero-order chi connectivity index (χ0) is 26.1. The van der Waals surface area contributed by atoms with Gasteiger partial charge in [0.05, 0.1) is 0 Å². The fourth-order valence-electron chi connectivity index (χ4n) is 5.35. The van der Waals surface area contributed by atoms with Crippen molar-refractivity contribution in [2.24, 2.45) is 0 Å². The average Bonchev–Trinajstić information content (AvgIpc) is 3.47. The third-order valence-corrected chi connectivity index (χ3v) is 7.38. The Balaban J connectivity index is 0.00000294. The van der Waals surface area contributed by atoms with Gasteiger partial charge < -0.3 is 0 Å². The van der Waals surface area contributed by atoms with Crippen molar-refractivity contribution in [3.8, 4) is 44.8 Å². The van der Waals surface area contributed by atoms with Gasteiger partial charge in [-0.15, -0.1) is 65.2 Å². The summed E-state index contributed by atoms with van der Waals surface area (Å²) in [6.45, 7) is 15.3. The monoisotopic (exact) mass is 679 g/mol. The van der Waals surface area contributed by atoms with E-state index in [1.807, 2.05) is 0 Å². The Morgan fingerprint density at radius 1 is 0.658 bits per heavy atom. The molecule has 0 amide bonds. The number of hydrogen-bond acceptors (Lipinski definition) is 2. The number of fused-ring (bicyclic) bond motifs is 14. The Kier molecular flexibility index (Phi) is 6.39. The molecule has 6 rings (SSSR count). The van der Waals surface area contributed by atoms with Crippen molar-refractivity contribution < 1.29 is 21.1 Å². The predicted molar refractivity (Wildman–Crippen MR) is 150 cm³/mol. The van der Waals surface area contributed by atoms with E-state index >= 15 is 0 Å². The standard InChI is InChI=1S/C33H32N4.Pt/c1-21-14-30-26-13-9-11-24(17-26)23-10-8-12-25(16-23)27-18-28(20-29(19-27)32(3,4)5)31-15-22(2)37(35-31)33(6,7)36(21)34-30;/h8-16,19-20H,1-7H3;/q-2;+2. The molecule has 1 aliphatic heterocycles. The van der Waals surface area contributed by atoms with Crippen LogP contribution in [-0.4, -0.2) is 19.6 Å². The van der Waals surface area contributed by atoms with E-state index in [4.69, 9.17) is 10.2 Å². The van der Waals surface area contributed by atoms with E-state index in [-0.39, 0.29) is 26.5 Å². The first-order valence-electron chi connectivity index (χ1n) is 12.9. The molecule has 0 aliphatic carbocycles. The molecule has 0 unspecified atom stereocenters. The molecule has 38 heavy (non-hydrogen) atoms. The van der Waals surface area contributed by atoms with Crippen LogP contribution in [0.2, 0.25) is 0 Å². The van der Waals surface area contributed by atoms with Crippen molar-refractivity contribution in [2.75, 3.05) is 0 Å². The Labute approximate surface area is 240 Å². The minimum absolute atomic E-state index is 0. The van der Waals surface area contributed by atoms with E-state index in [1.165, 1.54) is 5.56 Å². The number of nitrogens with zero attached hydrogens (tertiary/aromatic N) is 4. The molecule has 5 aromatic rings. The average molecular weight is 680 g/mol. The number of aromatic nitrogens is 4. The summed E-state index contributed by atoms with van der Waals surface area (Å²) in [6, 6.07) is 31.1. The van der Waals surface area contributed by atoms with E-state index < -0.39 is 5.66 Å². The minimum atomic E-state index is -0.506. The molecular weight excluding hydrogens is 647 g/mol. The van der Waals surface area contributed by atoms with Crippen LogP contribution >= 0.6 is 0 Å². The Hall–Kier alpha value is -3.23. The predicted octanol–water partition coefficient (Wildman–Crippen LogP) is 7.81. The summed E-state index contributed by atoms with van der Waals surface area (Å²) >= 11 is 0. The topological polar surface area (TPSA) is 35.6 Å². The molecular formula is C33H32N4Pt. The number of aryl methyl sites for hydroxylation is 2. The van der Waals surface area contributed by atoms with Gasteiger partial charge in [0.1, 0.15) is 5.66 Å². The van der Waals surface area contributed by atoms with Gasteiger partial charge in [0.25, 0.3) is 0 Å². The molecule has 10 bridgehead atoms. The van der Waals surface area contributed by atoms with Crippen LogP contribution in [0, 0.1) is 26.0 Å². The van der Waals surface area contributed by atoms with E-state index in [1.54, 1.807) is 0 Å². The summed E-state index contributed by atoms with van der Waals surface area (Å²) in [7, 11) is 0. The van der Waals surface area contributed by atoms with Crippen LogP contribution in [0.5, 0.6) is 0 Å². The van der Waals surface area contributed by atoms with Crippen molar-refractivity contribution in [3.05, 3.63) is 95.8 Å². The van der Waals surface area contributed by atoms with Crippen LogP contribution in [0.4, 0.5) is 0 Å². The van der Waals surface area contributed by atoms with Crippen molar-refractivity contribution in [1.82, 2.24) is 19.6 Å². The van der Waals surface area contributed by atoms with Gasteiger partial charge in [-0.3, -0.25) is 9.36 Å². The van der Waals surface area contributed by atoms with Gasteiger partial charge >= 0.3 is 21.1 Å². The largest absolute Gasteiger partial charge is 2.00 e. The third-order valence-electron chi connectivity index (χ3n) is 7.38. The van der Waals surface area contributed by atoms with Crippen LogP contribution in [-0.2, 0) is 32.1 Å². The molecule has 0 N–H and O–H groups in total. The number of rotatable bonds is 0. The number of benzene rings is 3. The summed E-state index contributed by atoms with van der Waals surface area (Å²) in [4.78, 5) is 0. The normalized spacial score (nSPS) is 13.7. The van der Waals surface area contributed by atoms with E-state index in [2.05, 4.69) is 137 Å². The van der Waals surface area contributed by atoms with Gasteiger partial charge in [0, 0.05) is 22.8 Å². The van der Waals surface area contributed by atoms with Crippen molar-refractivity contribution in [1.29, 1.82) is 0 Å². The zero-order valence-corrected chi connectivity index (χ0v) is 25.2.